The van der Waals surface area contributed by atoms with Crippen LogP contribution < -0.4 is 14.8 Å². The second-order valence-corrected chi connectivity index (χ2v) is 7.74. The maximum Gasteiger partial charge on any atom is 0.163 e. The van der Waals surface area contributed by atoms with Gasteiger partial charge in [-0.3, -0.25) is 4.90 Å². The molecule has 7 nitrogen and oxygen atoms in total. The molecule has 1 N–H and O–H groups in total. The number of hydrogen-bond acceptors (Lipinski definition) is 7. The Kier molecular flexibility index (Phi) is 6.70. The van der Waals surface area contributed by atoms with Crippen LogP contribution in [-0.4, -0.2) is 60.9 Å². The normalized spacial score (nSPS) is 15.6. The first-order chi connectivity index (χ1) is 15.0. The zero-order valence-corrected chi connectivity index (χ0v) is 18.2. The van der Waals surface area contributed by atoms with Crippen molar-refractivity contribution in [3.05, 3.63) is 47.5 Å². The first-order valence-corrected chi connectivity index (χ1v) is 10.4. The highest BCUT2D eigenvalue weighted by molar-refractivity contribution is 6.30. The zero-order valence-electron chi connectivity index (χ0n) is 17.4. The molecular formula is C22H24ClFN4O3. The van der Waals surface area contributed by atoms with E-state index in [-0.39, 0.29) is 11.7 Å². The van der Waals surface area contributed by atoms with Gasteiger partial charge in [0.05, 0.1) is 31.5 Å². The number of nitrogens with zero attached hydrogens (tertiary/aromatic N) is 3. The molecule has 0 radical (unpaired) electrons. The van der Waals surface area contributed by atoms with E-state index in [0.717, 1.165) is 26.3 Å². The van der Waals surface area contributed by atoms with Gasteiger partial charge in [-0.15, -0.1) is 0 Å². The number of nitrogens with one attached hydrogen (secondary N) is 1. The Hall–Kier alpha value is -2.68. The molecular weight excluding hydrogens is 423 g/mol. The van der Waals surface area contributed by atoms with Crippen LogP contribution in [0.2, 0.25) is 5.02 Å². The fraction of sp³-hybridized carbons (Fsp3) is 0.364. The standard InChI is InChI=1S/C22H24ClFN4O3/c1-14(28-5-7-30-8-6-28)12-31-21-11-19-16(10-20(21)29-2)22(26-13-25-19)27-18-4-3-15(23)9-17(18)24/h3-4,9-11,13-14H,5-8,12H2,1-2H3,(H,25,26,27). The topological polar surface area (TPSA) is 68.7 Å². The molecule has 164 valence electrons. The van der Waals surface area contributed by atoms with Crippen molar-refractivity contribution in [2.45, 2.75) is 13.0 Å². The lowest BCUT2D eigenvalue weighted by atomic mass is 10.2. The highest BCUT2D eigenvalue weighted by Crippen LogP contribution is 2.35. The number of anilines is 2. The summed E-state index contributed by atoms with van der Waals surface area (Å²) in [4.78, 5) is 10.9. The van der Waals surface area contributed by atoms with Crippen molar-refractivity contribution >= 4 is 34.0 Å². The van der Waals surface area contributed by atoms with Crippen LogP contribution in [0.1, 0.15) is 6.92 Å². The van der Waals surface area contributed by atoms with Gasteiger partial charge in [0.1, 0.15) is 24.6 Å². The third kappa shape index (κ3) is 4.98. The van der Waals surface area contributed by atoms with Crippen LogP contribution >= 0.6 is 11.6 Å². The average Bonchev–Trinajstić information content (AvgIpc) is 2.79. The van der Waals surface area contributed by atoms with Crippen molar-refractivity contribution in [3.63, 3.8) is 0 Å². The van der Waals surface area contributed by atoms with Gasteiger partial charge in [-0.25, -0.2) is 14.4 Å². The number of morpholine rings is 1. The maximum atomic E-state index is 14.2. The Morgan fingerprint density at radius 3 is 2.74 bits per heavy atom. The van der Waals surface area contributed by atoms with Gasteiger partial charge in [-0.2, -0.15) is 0 Å². The number of fused-ring (bicyclic) bond motifs is 1. The van der Waals surface area contributed by atoms with Crippen LogP contribution in [0.25, 0.3) is 10.9 Å². The van der Waals surface area contributed by atoms with Gasteiger partial charge in [0, 0.05) is 35.6 Å². The fourth-order valence-corrected chi connectivity index (χ4v) is 3.65. The lowest BCUT2D eigenvalue weighted by molar-refractivity contribution is 0.0103. The number of aromatic nitrogens is 2. The quantitative estimate of drug-likeness (QED) is 0.581. The Labute approximate surface area is 185 Å². The van der Waals surface area contributed by atoms with E-state index < -0.39 is 5.82 Å². The summed E-state index contributed by atoms with van der Waals surface area (Å²) in [6.45, 7) is 5.90. The van der Waals surface area contributed by atoms with Crippen molar-refractivity contribution in [1.82, 2.24) is 14.9 Å². The van der Waals surface area contributed by atoms with Crippen LogP contribution in [0.5, 0.6) is 11.5 Å². The number of ether oxygens (including phenoxy) is 3. The van der Waals surface area contributed by atoms with E-state index in [1.54, 1.807) is 25.3 Å². The van der Waals surface area contributed by atoms with Gasteiger partial charge in [-0.1, -0.05) is 11.6 Å². The monoisotopic (exact) mass is 446 g/mol. The zero-order chi connectivity index (χ0) is 21.8. The summed E-state index contributed by atoms with van der Waals surface area (Å²) in [6, 6.07) is 8.26. The highest BCUT2D eigenvalue weighted by atomic mass is 35.5. The van der Waals surface area contributed by atoms with Gasteiger partial charge in [0.2, 0.25) is 0 Å². The Morgan fingerprint density at radius 1 is 1.19 bits per heavy atom. The van der Waals surface area contributed by atoms with Crippen molar-refractivity contribution < 1.29 is 18.6 Å². The number of hydrogen-bond donors (Lipinski definition) is 1. The first kappa shape index (κ1) is 21.5. The number of rotatable bonds is 7. The molecule has 1 fully saturated rings. The van der Waals surface area contributed by atoms with E-state index in [9.17, 15) is 4.39 Å². The minimum atomic E-state index is -0.469. The molecule has 0 aliphatic carbocycles. The summed E-state index contributed by atoms with van der Waals surface area (Å²) in [5.74, 6) is 1.13. The van der Waals surface area contributed by atoms with Gasteiger partial charge >= 0.3 is 0 Å². The van der Waals surface area contributed by atoms with Crippen molar-refractivity contribution in [3.8, 4) is 11.5 Å². The predicted octanol–water partition coefficient (Wildman–Crippen LogP) is 4.27. The third-order valence-electron chi connectivity index (χ3n) is 5.25. The lowest BCUT2D eigenvalue weighted by Gasteiger charge is -2.32. The van der Waals surface area contributed by atoms with Crippen molar-refractivity contribution in [2.24, 2.45) is 0 Å². The summed E-state index contributed by atoms with van der Waals surface area (Å²) in [5.41, 5.74) is 0.921. The smallest absolute Gasteiger partial charge is 0.163 e. The van der Waals surface area contributed by atoms with Gasteiger partial charge in [-0.05, 0) is 31.2 Å². The van der Waals surface area contributed by atoms with Crippen LogP contribution in [0.4, 0.5) is 15.9 Å². The Balaban J connectivity index is 1.57. The van der Waals surface area contributed by atoms with E-state index in [1.165, 1.54) is 12.4 Å². The molecule has 1 unspecified atom stereocenters. The predicted molar refractivity (Wildman–Crippen MR) is 118 cm³/mol. The molecule has 2 aromatic carbocycles. The highest BCUT2D eigenvalue weighted by Gasteiger charge is 2.19. The van der Waals surface area contributed by atoms with Crippen LogP contribution in [0.3, 0.4) is 0 Å². The van der Waals surface area contributed by atoms with Crippen LogP contribution in [0, 0.1) is 5.82 Å². The van der Waals surface area contributed by atoms with E-state index >= 15 is 0 Å². The summed E-state index contributed by atoms with van der Waals surface area (Å²) >= 11 is 5.84. The SMILES string of the molecule is COc1cc2c(Nc3ccc(Cl)cc3F)ncnc2cc1OCC(C)N1CCOCC1. The molecule has 1 aliphatic heterocycles. The third-order valence-corrected chi connectivity index (χ3v) is 5.49. The Bertz CT molecular complexity index is 1060. The second-order valence-electron chi connectivity index (χ2n) is 7.30. The molecule has 2 heterocycles. The number of methoxy groups -OCH3 is 1. The molecule has 1 aliphatic rings. The molecule has 1 saturated heterocycles. The van der Waals surface area contributed by atoms with Crippen molar-refractivity contribution in [1.29, 1.82) is 0 Å². The minimum Gasteiger partial charge on any atom is -0.493 e. The first-order valence-electron chi connectivity index (χ1n) is 10.0. The van der Waals surface area contributed by atoms with Crippen LogP contribution in [-0.2, 0) is 4.74 Å². The van der Waals surface area contributed by atoms with E-state index in [1.807, 2.05) is 6.07 Å². The second kappa shape index (κ2) is 9.64. The minimum absolute atomic E-state index is 0.236. The van der Waals surface area contributed by atoms with Crippen LogP contribution in [0.15, 0.2) is 36.7 Å². The number of halogens is 2. The van der Waals surface area contributed by atoms with Gasteiger partial charge in [0.15, 0.2) is 11.5 Å². The van der Waals surface area contributed by atoms with Crippen molar-refractivity contribution in [2.75, 3.05) is 45.3 Å². The average molecular weight is 447 g/mol. The molecule has 0 saturated carbocycles. The Morgan fingerprint density at radius 2 is 2.00 bits per heavy atom. The summed E-state index contributed by atoms with van der Waals surface area (Å²) in [7, 11) is 1.58. The molecule has 31 heavy (non-hydrogen) atoms. The van der Waals surface area contributed by atoms with E-state index in [4.69, 9.17) is 25.8 Å². The molecule has 3 aromatic rings. The largest absolute Gasteiger partial charge is 0.493 e. The molecule has 4 rings (SSSR count). The van der Waals surface area contributed by atoms with Gasteiger partial charge < -0.3 is 19.5 Å². The summed E-state index contributed by atoms with van der Waals surface area (Å²) < 4.78 is 31.3. The lowest BCUT2D eigenvalue weighted by Crippen LogP contribution is -2.44. The van der Waals surface area contributed by atoms with Gasteiger partial charge in [0.25, 0.3) is 0 Å². The van der Waals surface area contributed by atoms with E-state index in [0.29, 0.717) is 39.8 Å². The maximum absolute atomic E-state index is 14.2. The molecule has 0 amide bonds. The molecule has 9 heteroatoms. The number of benzene rings is 2. The van der Waals surface area contributed by atoms with E-state index in [2.05, 4.69) is 27.1 Å². The molecule has 0 bridgehead atoms. The molecule has 0 spiro atoms. The fourth-order valence-electron chi connectivity index (χ4n) is 3.49. The molecule has 1 atom stereocenters. The summed E-state index contributed by atoms with van der Waals surface area (Å²) in [5, 5.41) is 4.01. The summed E-state index contributed by atoms with van der Waals surface area (Å²) in [6.07, 6.45) is 1.42. The molecule has 1 aromatic heterocycles.